The van der Waals surface area contributed by atoms with Crippen molar-refractivity contribution in [1.82, 2.24) is 0 Å². The molecule has 3 aromatic carbocycles. The van der Waals surface area contributed by atoms with E-state index in [-0.39, 0.29) is 5.92 Å². The summed E-state index contributed by atoms with van der Waals surface area (Å²) in [5, 5.41) is 0.696. The molecule has 0 radical (unpaired) electrons. The second-order valence-electron chi connectivity index (χ2n) is 5.51. The summed E-state index contributed by atoms with van der Waals surface area (Å²) in [7, 11) is 0. The molecule has 1 atom stereocenters. The monoisotopic (exact) mass is 328 g/mol. The Morgan fingerprint density at radius 2 is 1.42 bits per heavy atom. The van der Waals surface area contributed by atoms with Crippen LogP contribution in [0.25, 0.3) is 5.57 Å². The Morgan fingerprint density at radius 3 is 1.92 bits per heavy atom. The molecule has 0 nitrogen and oxygen atoms in total. The predicted octanol–water partition coefficient (Wildman–Crippen LogP) is 6.19. The Kier molecular flexibility index (Phi) is 5.16. The highest BCUT2D eigenvalue weighted by Crippen LogP contribution is 2.29. The fourth-order valence-electron chi connectivity index (χ4n) is 2.70. The zero-order valence-electron chi connectivity index (χ0n) is 13.2. The van der Waals surface area contributed by atoms with Gasteiger partial charge in [-0.25, -0.2) is 0 Å². The highest BCUT2D eigenvalue weighted by molar-refractivity contribution is 6.30. The van der Waals surface area contributed by atoms with Crippen LogP contribution in [0.2, 0.25) is 5.02 Å². The molecule has 0 aromatic heterocycles. The number of terminal acetylenes is 1. The van der Waals surface area contributed by atoms with Crippen LogP contribution in [0.3, 0.4) is 0 Å². The summed E-state index contributed by atoms with van der Waals surface area (Å²) in [5.41, 5.74) is 4.44. The van der Waals surface area contributed by atoms with Gasteiger partial charge in [-0.15, -0.1) is 6.42 Å². The molecule has 3 aromatic rings. The van der Waals surface area contributed by atoms with Gasteiger partial charge in [0, 0.05) is 5.02 Å². The number of hydrogen-bond acceptors (Lipinski definition) is 0. The quantitative estimate of drug-likeness (QED) is 0.501. The molecular formula is C23H17Cl. The zero-order chi connectivity index (χ0) is 16.8. The summed E-state index contributed by atoms with van der Waals surface area (Å²) < 4.78 is 0. The highest BCUT2D eigenvalue weighted by atomic mass is 35.5. The van der Waals surface area contributed by atoms with Crippen LogP contribution in [-0.2, 0) is 0 Å². The largest absolute Gasteiger partial charge is 0.119 e. The number of hydrogen-bond donors (Lipinski definition) is 0. The van der Waals surface area contributed by atoms with Gasteiger partial charge in [-0.3, -0.25) is 0 Å². The van der Waals surface area contributed by atoms with Crippen molar-refractivity contribution in [2.45, 2.75) is 5.92 Å². The summed E-state index contributed by atoms with van der Waals surface area (Å²) in [6, 6.07) is 28.3. The van der Waals surface area contributed by atoms with Crippen molar-refractivity contribution >= 4 is 17.2 Å². The molecule has 116 valence electrons. The lowest BCUT2D eigenvalue weighted by Crippen LogP contribution is -1.96. The average Bonchev–Trinajstić information content (AvgIpc) is 2.64. The molecule has 0 N–H and O–H groups in total. The van der Waals surface area contributed by atoms with Crippen molar-refractivity contribution in [2.75, 3.05) is 0 Å². The molecule has 0 aliphatic rings. The molecule has 3 rings (SSSR count). The van der Waals surface area contributed by atoms with Crippen LogP contribution in [0.4, 0.5) is 0 Å². The second kappa shape index (κ2) is 7.68. The molecular weight excluding hydrogens is 312 g/mol. The minimum absolute atomic E-state index is 0.140. The Labute approximate surface area is 148 Å². The molecule has 24 heavy (non-hydrogen) atoms. The second-order valence-corrected chi connectivity index (χ2v) is 5.95. The Balaban J connectivity index is 2.11. The van der Waals surface area contributed by atoms with Gasteiger partial charge in [0.05, 0.1) is 5.92 Å². The van der Waals surface area contributed by atoms with Gasteiger partial charge in [-0.05, 0) is 34.4 Å². The highest BCUT2D eigenvalue weighted by Gasteiger charge is 2.11. The van der Waals surface area contributed by atoms with E-state index in [1.165, 1.54) is 0 Å². The van der Waals surface area contributed by atoms with Gasteiger partial charge in [-0.2, -0.15) is 0 Å². The first-order valence-corrected chi connectivity index (χ1v) is 8.20. The third kappa shape index (κ3) is 3.77. The third-order valence-corrected chi connectivity index (χ3v) is 4.13. The molecule has 0 aliphatic carbocycles. The minimum atomic E-state index is -0.140. The lowest BCUT2D eigenvalue weighted by molar-refractivity contribution is 1.13. The van der Waals surface area contributed by atoms with E-state index in [9.17, 15) is 0 Å². The van der Waals surface area contributed by atoms with Gasteiger partial charge < -0.3 is 0 Å². The first-order valence-electron chi connectivity index (χ1n) is 7.82. The maximum absolute atomic E-state index is 6.13. The number of halogens is 1. The van der Waals surface area contributed by atoms with E-state index in [0.29, 0.717) is 5.02 Å². The Morgan fingerprint density at radius 1 is 0.833 bits per heavy atom. The summed E-state index contributed by atoms with van der Waals surface area (Å²) in [6.45, 7) is 0. The molecule has 0 spiro atoms. The minimum Gasteiger partial charge on any atom is -0.119 e. The van der Waals surface area contributed by atoms with Gasteiger partial charge in [0.2, 0.25) is 0 Å². The van der Waals surface area contributed by atoms with Crippen molar-refractivity contribution in [3.63, 3.8) is 0 Å². The smallest absolute Gasteiger partial charge is 0.0639 e. The summed E-state index contributed by atoms with van der Waals surface area (Å²) in [5.74, 6) is 2.74. The van der Waals surface area contributed by atoms with Gasteiger partial charge in [0.1, 0.15) is 0 Å². The van der Waals surface area contributed by atoms with Gasteiger partial charge in [0.15, 0.2) is 0 Å². The van der Waals surface area contributed by atoms with E-state index >= 15 is 0 Å². The molecule has 1 unspecified atom stereocenters. The van der Waals surface area contributed by atoms with Crippen molar-refractivity contribution < 1.29 is 0 Å². The summed E-state index contributed by atoms with van der Waals surface area (Å²) in [6.07, 6.45) is 7.96. The van der Waals surface area contributed by atoms with Crippen LogP contribution in [0.1, 0.15) is 22.6 Å². The fourth-order valence-corrected chi connectivity index (χ4v) is 2.90. The van der Waals surface area contributed by atoms with Gasteiger partial charge in [0.25, 0.3) is 0 Å². The fraction of sp³-hybridized carbons (Fsp3) is 0.0435. The van der Waals surface area contributed by atoms with Crippen LogP contribution in [0.5, 0.6) is 0 Å². The summed E-state index contributed by atoms with van der Waals surface area (Å²) >= 11 is 6.13. The Bertz CT molecular complexity index is 829. The maximum Gasteiger partial charge on any atom is 0.0639 e. The topological polar surface area (TPSA) is 0 Å². The van der Waals surface area contributed by atoms with Crippen molar-refractivity contribution in [3.8, 4) is 12.3 Å². The van der Waals surface area contributed by atoms with Gasteiger partial charge >= 0.3 is 0 Å². The van der Waals surface area contributed by atoms with Crippen molar-refractivity contribution in [1.29, 1.82) is 0 Å². The molecule has 1 heteroatoms. The third-order valence-electron chi connectivity index (χ3n) is 3.89. The number of allylic oxidation sites excluding steroid dienone is 1. The van der Waals surface area contributed by atoms with Crippen LogP contribution < -0.4 is 0 Å². The van der Waals surface area contributed by atoms with Crippen LogP contribution in [0.15, 0.2) is 91.0 Å². The molecule has 0 amide bonds. The number of benzene rings is 3. The van der Waals surface area contributed by atoms with Crippen molar-refractivity contribution in [2.24, 2.45) is 0 Å². The van der Waals surface area contributed by atoms with Crippen LogP contribution >= 0.6 is 11.6 Å². The predicted molar refractivity (Wildman–Crippen MR) is 103 cm³/mol. The average molecular weight is 329 g/mol. The molecule has 0 heterocycles. The van der Waals surface area contributed by atoms with Crippen LogP contribution in [-0.4, -0.2) is 0 Å². The standard InChI is InChI=1S/C23H17Cl/c1-2-18(21-14-9-15-22(24)16-21)17-23(19-10-5-3-6-11-19)20-12-7-4-8-13-20/h1,3-18H. The molecule has 0 bridgehead atoms. The summed E-state index contributed by atoms with van der Waals surface area (Å²) in [4.78, 5) is 0. The molecule has 0 fully saturated rings. The number of rotatable bonds is 4. The van der Waals surface area contributed by atoms with E-state index in [4.69, 9.17) is 18.0 Å². The normalized spacial score (nSPS) is 11.3. The van der Waals surface area contributed by atoms with E-state index in [1.54, 1.807) is 0 Å². The zero-order valence-corrected chi connectivity index (χ0v) is 13.9. The lowest BCUT2D eigenvalue weighted by atomic mass is 9.91. The van der Waals surface area contributed by atoms with E-state index in [1.807, 2.05) is 60.7 Å². The molecule has 0 saturated heterocycles. The van der Waals surface area contributed by atoms with Crippen molar-refractivity contribution in [3.05, 3.63) is 113 Å². The van der Waals surface area contributed by atoms with E-state index in [0.717, 1.165) is 22.3 Å². The SMILES string of the molecule is C#CC(C=C(c1ccccc1)c1ccccc1)c1cccc(Cl)c1. The lowest BCUT2D eigenvalue weighted by Gasteiger charge is -2.13. The van der Waals surface area contributed by atoms with E-state index in [2.05, 4.69) is 36.3 Å². The molecule has 0 aliphatic heterocycles. The maximum atomic E-state index is 6.13. The molecule has 0 saturated carbocycles. The van der Waals surface area contributed by atoms with E-state index < -0.39 is 0 Å². The Hall–Kier alpha value is -2.75. The first-order chi connectivity index (χ1) is 11.8. The van der Waals surface area contributed by atoms with Gasteiger partial charge in [-0.1, -0.05) is 96.4 Å². The van der Waals surface area contributed by atoms with Crippen LogP contribution in [0, 0.1) is 12.3 Å². The first kappa shape index (κ1) is 16.1.